The van der Waals surface area contributed by atoms with Crippen molar-refractivity contribution < 1.29 is 8.42 Å². The van der Waals surface area contributed by atoms with E-state index in [1.165, 1.54) is 0 Å². The first kappa shape index (κ1) is 12.5. The van der Waals surface area contributed by atoms with Crippen LogP contribution in [0.4, 0.5) is 0 Å². The summed E-state index contributed by atoms with van der Waals surface area (Å²) in [4.78, 5) is 0.347. The lowest BCUT2D eigenvalue weighted by molar-refractivity contribution is 0.597. The second kappa shape index (κ2) is 5.01. The topological polar surface area (TPSA) is 60.2 Å². The Morgan fingerprint density at radius 1 is 1.33 bits per heavy atom. The number of sulfone groups is 1. The lowest BCUT2D eigenvalue weighted by atomic mass is 10.1. The summed E-state index contributed by atoms with van der Waals surface area (Å²) in [6, 6.07) is 6.52. The molecule has 15 heavy (non-hydrogen) atoms. The molecular formula is C10H15NO2S2. The number of hydrogen-bond donors (Lipinski definition) is 2. The number of rotatable bonds is 4. The lowest BCUT2D eigenvalue weighted by Crippen LogP contribution is -2.12. The Balaban J connectivity index is 3.00. The molecule has 1 rings (SSSR count). The first-order chi connectivity index (χ1) is 7.01. The van der Waals surface area contributed by atoms with Crippen LogP contribution >= 0.6 is 12.6 Å². The molecule has 0 aliphatic carbocycles. The molecule has 0 spiro atoms. The molecule has 1 aromatic carbocycles. The van der Waals surface area contributed by atoms with Crippen LogP contribution in [0.2, 0.25) is 0 Å². The van der Waals surface area contributed by atoms with Crippen molar-refractivity contribution in [2.24, 2.45) is 5.73 Å². The standard InChI is InChI=1S/C10H15NO2S2/c1-2-15(12,13)9-5-3-8(4-6-9)10(11)7-14/h3-6,10,14H,2,7,11H2,1H3. The van der Waals surface area contributed by atoms with Gasteiger partial charge in [0.15, 0.2) is 9.84 Å². The molecular weight excluding hydrogens is 230 g/mol. The van der Waals surface area contributed by atoms with Crippen LogP contribution in [-0.2, 0) is 9.84 Å². The van der Waals surface area contributed by atoms with Crippen LogP contribution in [0.1, 0.15) is 18.5 Å². The molecule has 3 nitrogen and oxygen atoms in total. The van der Waals surface area contributed by atoms with E-state index in [2.05, 4.69) is 12.6 Å². The molecule has 0 aromatic heterocycles. The highest BCUT2D eigenvalue weighted by atomic mass is 32.2. The maximum absolute atomic E-state index is 11.5. The van der Waals surface area contributed by atoms with Crippen LogP contribution in [0, 0.1) is 0 Å². The zero-order valence-corrected chi connectivity index (χ0v) is 10.3. The van der Waals surface area contributed by atoms with Gasteiger partial charge in [0.2, 0.25) is 0 Å². The zero-order valence-electron chi connectivity index (χ0n) is 8.55. The quantitative estimate of drug-likeness (QED) is 0.789. The summed E-state index contributed by atoms with van der Waals surface area (Å²) in [7, 11) is -3.11. The minimum atomic E-state index is -3.11. The van der Waals surface area contributed by atoms with Crippen molar-refractivity contribution >= 4 is 22.5 Å². The van der Waals surface area contributed by atoms with E-state index in [1.54, 1.807) is 31.2 Å². The van der Waals surface area contributed by atoms with Gasteiger partial charge in [-0.3, -0.25) is 0 Å². The molecule has 0 radical (unpaired) electrons. The SMILES string of the molecule is CCS(=O)(=O)c1ccc(C(N)CS)cc1. The summed E-state index contributed by atoms with van der Waals surface area (Å²) in [5.74, 6) is 0.658. The third kappa shape index (κ3) is 2.96. The second-order valence-corrected chi connectivity index (χ2v) is 5.90. The van der Waals surface area contributed by atoms with Gasteiger partial charge in [-0.1, -0.05) is 19.1 Å². The van der Waals surface area contributed by atoms with Gasteiger partial charge in [0.1, 0.15) is 0 Å². The fourth-order valence-corrected chi connectivity index (χ4v) is 2.29. The molecule has 0 bridgehead atoms. The van der Waals surface area contributed by atoms with E-state index in [0.29, 0.717) is 10.6 Å². The van der Waals surface area contributed by atoms with Gasteiger partial charge in [-0.25, -0.2) is 8.42 Å². The minimum Gasteiger partial charge on any atom is -0.323 e. The molecule has 1 aromatic rings. The van der Waals surface area contributed by atoms with E-state index in [1.807, 2.05) is 0 Å². The summed E-state index contributed by atoms with van der Waals surface area (Å²) in [6.07, 6.45) is 0. The molecule has 0 aliphatic rings. The average Bonchev–Trinajstić information content (AvgIpc) is 2.28. The molecule has 5 heteroatoms. The number of hydrogen-bond acceptors (Lipinski definition) is 4. The fraction of sp³-hybridized carbons (Fsp3) is 0.400. The summed E-state index contributed by atoms with van der Waals surface area (Å²) < 4.78 is 23.0. The average molecular weight is 245 g/mol. The highest BCUT2D eigenvalue weighted by molar-refractivity contribution is 7.91. The number of nitrogens with two attached hydrogens (primary N) is 1. The highest BCUT2D eigenvalue weighted by Crippen LogP contribution is 2.16. The van der Waals surface area contributed by atoms with Crippen LogP contribution in [0.5, 0.6) is 0 Å². The predicted molar refractivity (Wildman–Crippen MR) is 65.0 cm³/mol. The van der Waals surface area contributed by atoms with E-state index in [-0.39, 0.29) is 11.8 Å². The molecule has 2 N–H and O–H groups in total. The lowest BCUT2D eigenvalue weighted by Gasteiger charge is -2.09. The monoisotopic (exact) mass is 245 g/mol. The Labute approximate surface area is 96.0 Å². The van der Waals surface area contributed by atoms with Gasteiger partial charge in [0.05, 0.1) is 10.6 Å². The molecule has 0 heterocycles. The van der Waals surface area contributed by atoms with Gasteiger partial charge in [0, 0.05) is 11.8 Å². The Morgan fingerprint density at radius 3 is 2.27 bits per heavy atom. The first-order valence-electron chi connectivity index (χ1n) is 4.70. The fourth-order valence-electron chi connectivity index (χ4n) is 1.19. The van der Waals surface area contributed by atoms with Gasteiger partial charge in [-0.05, 0) is 17.7 Å². The highest BCUT2D eigenvalue weighted by Gasteiger charge is 2.11. The van der Waals surface area contributed by atoms with Crippen molar-refractivity contribution in [2.45, 2.75) is 17.9 Å². The predicted octanol–water partition coefficient (Wildman–Crippen LogP) is 1.41. The van der Waals surface area contributed by atoms with Crippen LogP contribution in [-0.4, -0.2) is 19.9 Å². The van der Waals surface area contributed by atoms with Gasteiger partial charge in [-0.2, -0.15) is 12.6 Å². The summed E-state index contributed by atoms with van der Waals surface area (Å²) in [5, 5.41) is 0. The third-order valence-corrected chi connectivity index (χ3v) is 4.39. The molecule has 0 saturated carbocycles. The van der Waals surface area contributed by atoms with Gasteiger partial charge in [-0.15, -0.1) is 0 Å². The van der Waals surface area contributed by atoms with Crippen molar-refractivity contribution in [1.82, 2.24) is 0 Å². The van der Waals surface area contributed by atoms with Crippen molar-refractivity contribution in [1.29, 1.82) is 0 Å². The Kier molecular flexibility index (Phi) is 4.19. The van der Waals surface area contributed by atoms with Gasteiger partial charge in [0.25, 0.3) is 0 Å². The smallest absolute Gasteiger partial charge is 0.178 e. The van der Waals surface area contributed by atoms with Crippen molar-refractivity contribution in [3.05, 3.63) is 29.8 Å². The Bertz CT molecular complexity index is 412. The van der Waals surface area contributed by atoms with Crippen LogP contribution < -0.4 is 5.73 Å². The molecule has 0 saturated heterocycles. The summed E-state index contributed by atoms with van der Waals surface area (Å²) in [6.45, 7) is 1.63. The van der Waals surface area contributed by atoms with E-state index in [0.717, 1.165) is 5.56 Å². The van der Waals surface area contributed by atoms with E-state index in [4.69, 9.17) is 5.73 Å². The van der Waals surface area contributed by atoms with Crippen LogP contribution in [0.3, 0.4) is 0 Å². The van der Waals surface area contributed by atoms with Crippen molar-refractivity contribution in [2.75, 3.05) is 11.5 Å². The first-order valence-corrected chi connectivity index (χ1v) is 6.99. The third-order valence-electron chi connectivity index (χ3n) is 2.24. The zero-order chi connectivity index (χ0) is 11.5. The minimum absolute atomic E-state index is 0.116. The second-order valence-electron chi connectivity index (χ2n) is 3.26. The van der Waals surface area contributed by atoms with Crippen LogP contribution in [0.25, 0.3) is 0 Å². The maximum Gasteiger partial charge on any atom is 0.178 e. The molecule has 0 amide bonds. The number of benzene rings is 1. The van der Waals surface area contributed by atoms with E-state index < -0.39 is 9.84 Å². The van der Waals surface area contributed by atoms with Crippen molar-refractivity contribution in [3.63, 3.8) is 0 Å². The maximum atomic E-state index is 11.5. The van der Waals surface area contributed by atoms with Gasteiger partial charge >= 0.3 is 0 Å². The normalized spacial score (nSPS) is 13.8. The molecule has 84 valence electrons. The summed E-state index contributed by atoms with van der Waals surface area (Å²) >= 11 is 4.08. The molecule has 1 unspecified atom stereocenters. The molecule has 1 atom stereocenters. The largest absolute Gasteiger partial charge is 0.323 e. The Hall–Kier alpha value is -0.520. The Morgan fingerprint density at radius 2 is 1.87 bits per heavy atom. The van der Waals surface area contributed by atoms with Gasteiger partial charge < -0.3 is 5.73 Å². The van der Waals surface area contributed by atoms with Crippen LogP contribution in [0.15, 0.2) is 29.2 Å². The van der Waals surface area contributed by atoms with E-state index >= 15 is 0 Å². The van der Waals surface area contributed by atoms with Crippen molar-refractivity contribution in [3.8, 4) is 0 Å². The summed E-state index contributed by atoms with van der Waals surface area (Å²) in [5.41, 5.74) is 6.66. The molecule has 0 aliphatic heterocycles. The number of thiol groups is 1. The van der Waals surface area contributed by atoms with E-state index in [9.17, 15) is 8.42 Å². The molecule has 0 fully saturated rings.